The van der Waals surface area contributed by atoms with Crippen LogP contribution in [0.2, 0.25) is 0 Å². The van der Waals surface area contributed by atoms with E-state index in [1.54, 1.807) is 18.2 Å². The normalized spacial score (nSPS) is 12.8. The Morgan fingerprint density at radius 3 is 2.90 bits per heavy atom. The van der Waals surface area contributed by atoms with Gasteiger partial charge in [-0.15, -0.1) is 10.2 Å². The number of carbonyl (C=O) groups excluding carboxylic acids is 2. The Morgan fingerprint density at radius 1 is 1.21 bits per heavy atom. The molecule has 0 saturated carbocycles. The summed E-state index contributed by atoms with van der Waals surface area (Å²) in [7, 11) is 0. The summed E-state index contributed by atoms with van der Waals surface area (Å²) in [6.45, 7) is -0.0670. The number of hydrogen-bond donors (Lipinski definition) is 2. The maximum atomic E-state index is 12.4. The third-order valence-electron chi connectivity index (χ3n) is 3.91. The lowest BCUT2D eigenvalue weighted by Crippen LogP contribution is -2.28. The second-order valence-electron chi connectivity index (χ2n) is 5.96. The predicted molar refractivity (Wildman–Crippen MR) is 100 cm³/mol. The Kier molecular flexibility index (Phi) is 4.99. The van der Waals surface area contributed by atoms with E-state index < -0.39 is 11.2 Å². The van der Waals surface area contributed by atoms with Crippen molar-refractivity contribution < 1.29 is 18.7 Å². The van der Waals surface area contributed by atoms with Crippen LogP contribution in [0.5, 0.6) is 5.75 Å². The van der Waals surface area contributed by atoms with E-state index >= 15 is 0 Å². The van der Waals surface area contributed by atoms with Crippen molar-refractivity contribution in [2.45, 2.75) is 11.8 Å². The molecule has 3 heterocycles. The lowest BCUT2D eigenvalue weighted by molar-refractivity contribution is -0.118. The maximum Gasteiger partial charge on any atom is 0.328 e. The molecule has 1 aromatic carbocycles. The summed E-state index contributed by atoms with van der Waals surface area (Å²) >= 11 is 1.05. The van der Waals surface area contributed by atoms with Crippen LogP contribution in [0.15, 0.2) is 49.7 Å². The maximum absolute atomic E-state index is 12.4. The first-order valence-corrected chi connectivity index (χ1v) is 9.31. The van der Waals surface area contributed by atoms with Crippen molar-refractivity contribution >= 4 is 29.1 Å². The number of nitrogens with zero attached hydrogens (tertiary/aromatic N) is 3. The van der Waals surface area contributed by atoms with Crippen molar-refractivity contribution in [3.05, 3.63) is 62.8 Å². The molecule has 148 valence electrons. The molecule has 1 aliphatic rings. The Balaban J connectivity index is 1.39. The fourth-order valence-corrected chi connectivity index (χ4v) is 3.22. The molecule has 2 N–H and O–H groups in total. The lowest BCUT2D eigenvalue weighted by atomic mass is 10.1. The minimum Gasteiger partial charge on any atom is -0.482 e. The highest BCUT2D eigenvalue weighted by molar-refractivity contribution is 7.99. The molecule has 0 atom stereocenters. The standard InChI is InChI=1S/C17H13N5O6S/c23-11(9-1-2-12-10(5-9)18-14(25)7-27-12)8-29-17-21-20-15(28-17)6-22-4-3-13(24)19-16(22)26/h1-5H,6-8H2,(H,18,25)(H,19,24,26). The topological polar surface area (TPSA) is 149 Å². The number of hydrogen-bond acceptors (Lipinski definition) is 9. The molecular formula is C17H13N5O6S. The molecule has 0 radical (unpaired) electrons. The van der Waals surface area contributed by atoms with E-state index in [4.69, 9.17) is 9.15 Å². The molecule has 12 heteroatoms. The zero-order valence-electron chi connectivity index (χ0n) is 14.7. The number of rotatable bonds is 6. The SMILES string of the molecule is O=C1COc2ccc(C(=O)CSc3nnc(Cn4ccc(=O)[nH]c4=O)o3)cc2N1. The highest BCUT2D eigenvalue weighted by atomic mass is 32.2. The van der Waals surface area contributed by atoms with Crippen molar-refractivity contribution in [2.24, 2.45) is 0 Å². The number of H-pyrrole nitrogens is 1. The van der Waals surface area contributed by atoms with E-state index in [9.17, 15) is 19.2 Å². The summed E-state index contributed by atoms with van der Waals surface area (Å²) in [6, 6.07) is 6.00. The van der Waals surface area contributed by atoms with Gasteiger partial charge in [-0.1, -0.05) is 11.8 Å². The summed E-state index contributed by atoms with van der Waals surface area (Å²) in [4.78, 5) is 48.7. The van der Waals surface area contributed by atoms with Gasteiger partial charge in [0.05, 0.1) is 11.4 Å². The molecule has 4 rings (SSSR count). The molecule has 1 amide bonds. The summed E-state index contributed by atoms with van der Waals surface area (Å²) in [5.41, 5.74) is -0.242. The highest BCUT2D eigenvalue weighted by Gasteiger charge is 2.18. The minimum absolute atomic E-state index is 0.0123. The third-order valence-corrected chi connectivity index (χ3v) is 4.73. The Bertz CT molecular complexity index is 1210. The van der Waals surface area contributed by atoms with Gasteiger partial charge in [-0.05, 0) is 18.2 Å². The molecule has 2 aromatic heterocycles. The molecule has 0 saturated heterocycles. The van der Waals surface area contributed by atoms with Gasteiger partial charge in [0.15, 0.2) is 12.4 Å². The van der Waals surface area contributed by atoms with Crippen LogP contribution >= 0.6 is 11.8 Å². The number of anilines is 1. The van der Waals surface area contributed by atoms with Gasteiger partial charge in [0.2, 0.25) is 5.89 Å². The zero-order chi connectivity index (χ0) is 20.4. The summed E-state index contributed by atoms with van der Waals surface area (Å²) < 4.78 is 11.9. The van der Waals surface area contributed by atoms with E-state index in [0.29, 0.717) is 17.0 Å². The van der Waals surface area contributed by atoms with Crippen LogP contribution in [-0.2, 0) is 11.3 Å². The Labute approximate surface area is 166 Å². The highest BCUT2D eigenvalue weighted by Crippen LogP contribution is 2.29. The van der Waals surface area contributed by atoms with Crippen molar-refractivity contribution in [2.75, 3.05) is 17.7 Å². The Hall–Kier alpha value is -3.67. The fourth-order valence-electron chi connectivity index (χ4n) is 2.54. The lowest BCUT2D eigenvalue weighted by Gasteiger charge is -2.18. The first-order chi connectivity index (χ1) is 14.0. The second-order valence-corrected chi connectivity index (χ2v) is 6.89. The first kappa shape index (κ1) is 18.7. The molecule has 0 aliphatic carbocycles. The van der Waals surface area contributed by atoms with Gasteiger partial charge in [-0.3, -0.25) is 23.9 Å². The molecule has 0 fully saturated rings. The fraction of sp³-hybridized carbons (Fsp3) is 0.176. The number of ketones is 1. The van der Waals surface area contributed by atoms with Crippen LogP contribution in [0.3, 0.4) is 0 Å². The number of benzene rings is 1. The Morgan fingerprint density at radius 2 is 2.07 bits per heavy atom. The summed E-state index contributed by atoms with van der Waals surface area (Å²) in [6.07, 6.45) is 1.32. The number of aromatic nitrogens is 4. The smallest absolute Gasteiger partial charge is 0.328 e. The van der Waals surface area contributed by atoms with E-state index in [1.807, 2.05) is 0 Å². The van der Waals surface area contributed by atoms with E-state index in [-0.39, 0.29) is 41.7 Å². The number of ether oxygens (including phenoxy) is 1. The number of nitrogens with one attached hydrogen (secondary N) is 2. The zero-order valence-corrected chi connectivity index (χ0v) is 15.5. The quantitative estimate of drug-likeness (QED) is 0.427. The molecule has 0 spiro atoms. The van der Waals surface area contributed by atoms with Gasteiger partial charge in [0, 0.05) is 17.8 Å². The number of Topliss-reactive ketones (excluding diaryl/α,β-unsaturated/α-hetero) is 1. The molecule has 1 aliphatic heterocycles. The van der Waals surface area contributed by atoms with Crippen molar-refractivity contribution in [1.29, 1.82) is 0 Å². The van der Waals surface area contributed by atoms with Crippen molar-refractivity contribution in [3.8, 4) is 5.75 Å². The van der Waals surface area contributed by atoms with Gasteiger partial charge in [0.1, 0.15) is 12.3 Å². The van der Waals surface area contributed by atoms with E-state index in [1.165, 1.54) is 16.8 Å². The molecule has 3 aromatic rings. The number of thioether (sulfide) groups is 1. The number of aromatic amines is 1. The number of carbonyl (C=O) groups is 2. The molecular weight excluding hydrogens is 402 g/mol. The van der Waals surface area contributed by atoms with Crippen LogP contribution in [-0.4, -0.2) is 43.8 Å². The van der Waals surface area contributed by atoms with Crippen LogP contribution in [0.4, 0.5) is 5.69 Å². The van der Waals surface area contributed by atoms with Crippen LogP contribution in [0.25, 0.3) is 0 Å². The average Bonchev–Trinajstić information content (AvgIpc) is 3.15. The first-order valence-electron chi connectivity index (χ1n) is 8.33. The minimum atomic E-state index is -0.594. The average molecular weight is 415 g/mol. The van der Waals surface area contributed by atoms with E-state index in [2.05, 4.69) is 20.5 Å². The van der Waals surface area contributed by atoms with E-state index in [0.717, 1.165) is 11.8 Å². The summed E-state index contributed by atoms with van der Waals surface area (Å²) in [5.74, 6) is 0.217. The largest absolute Gasteiger partial charge is 0.482 e. The van der Waals surface area contributed by atoms with Crippen molar-refractivity contribution in [1.82, 2.24) is 19.7 Å². The molecule has 0 bridgehead atoms. The predicted octanol–water partition coefficient (Wildman–Crippen LogP) is 0.274. The number of fused-ring (bicyclic) bond motifs is 1. The monoisotopic (exact) mass is 415 g/mol. The van der Waals surface area contributed by atoms with Gasteiger partial charge in [-0.25, -0.2) is 4.79 Å². The van der Waals surface area contributed by atoms with Crippen LogP contribution in [0.1, 0.15) is 16.2 Å². The van der Waals surface area contributed by atoms with Gasteiger partial charge >= 0.3 is 5.69 Å². The van der Waals surface area contributed by atoms with Gasteiger partial charge in [0.25, 0.3) is 16.7 Å². The van der Waals surface area contributed by atoms with Crippen molar-refractivity contribution in [3.63, 3.8) is 0 Å². The molecule has 11 nitrogen and oxygen atoms in total. The third kappa shape index (κ3) is 4.27. The van der Waals surface area contributed by atoms with Gasteiger partial charge in [-0.2, -0.15) is 0 Å². The number of amides is 1. The second kappa shape index (κ2) is 7.75. The van der Waals surface area contributed by atoms with Gasteiger partial charge < -0.3 is 14.5 Å². The molecule has 0 unspecified atom stereocenters. The van der Waals surface area contributed by atoms with Crippen LogP contribution in [0, 0.1) is 0 Å². The molecule has 29 heavy (non-hydrogen) atoms. The summed E-state index contributed by atoms with van der Waals surface area (Å²) in [5, 5.41) is 10.5. The van der Waals surface area contributed by atoms with Crippen LogP contribution < -0.4 is 21.3 Å².